The molecule has 2 heterocycles. The highest BCUT2D eigenvalue weighted by Gasteiger charge is 2.37. The highest BCUT2D eigenvalue weighted by atomic mass is 32.2. The smallest absolute Gasteiger partial charge is 0.337 e. The van der Waals surface area contributed by atoms with E-state index in [9.17, 15) is 14.9 Å². The maximum atomic E-state index is 13.0. The number of benzene rings is 1. The summed E-state index contributed by atoms with van der Waals surface area (Å²) in [6.45, 7) is 1.96. The van der Waals surface area contributed by atoms with Crippen molar-refractivity contribution in [1.29, 1.82) is 5.26 Å². The summed E-state index contributed by atoms with van der Waals surface area (Å²) < 4.78 is 5.34. The zero-order valence-electron chi connectivity index (χ0n) is 15.7. The molecule has 1 amide bonds. The molecule has 0 spiro atoms. The van der Waals surface area contributed by atoms with E-state index in [4.69, 9.17) is 10.5 Å². The Morgan fingerprint density at radius 1 is 1.28 bits per heavy atom. The van der Waals surface area contributed by atoms with Gasteiger partial charge in [0, 0.05) is 4.88 Å². The molecule has 6 nitrogen and oxygen atoms in total. The number of allylic oxidation sites excluding steroid dienone is 1. The number of hydrogen-bond donors (Lipinski definition) is 2. The van der Waals surface area contributed by atoms with Crippen LogP contribution in [0, 0.1) is 11.3 Å². The zero-order valence-corrected chi connectivity index (χ0v) is 17.3. The molecule has 1 aliphatic rings. The number of nitrogens with two attached hydrogens (primary N) is 1. The number of nitriles is 1. The Morgan fingerprint density at radius 3 is 2.62 bits per heavy atom. The Balaban J connectivity index is 2.22. The number of primary amides is 1. The summed E-state index contributed by atoms with van der Waals surface area (Å²) in [6.07, 6.45) is 0. The number of ether oxygens (including phenoxy) is 1. The van der Waals surface area contributed by atoms with Crippen LogP contribution in [0.4, 0.5) is 0 Å². The molecule has 0 saturated carbocycles. The van der Waals surface area contributed by atoms with Crippen molar-refractivity contribution in [3.63, 3.8) is 0 Å². The molecule has 0 fully saturated rings. The van der Waals surface area contributed by atoms with Gasteiger partial charge in [0.15, 0.2) is 0 Å². The number of rotatable bonds is 7. The van der Waals surface area contributed by atoms with Gasteiger partial charge in [0.25, 0.3) is 0 Å². The summed E-state index contributed by atoms with van der Waals surface area (Å²) in [5.41, 5.74) is 7.39. The Labute approximate surface area is 177 Å². The Morgan fingerprint density at radius 2 is 2.03 bits per heavy atom. The monoisotopic (exact) mass is 425 g/mol. The van der Waals surface area contributed by atoms with Gasteiger partial charge in [-0.3, -0.25) is 4.79 Å². The van der Waals surface area contributed by atoms with Gasteiger partial charge in [-0.25, -0.2) is 4.79 Å². The average molecular weight is 426 g/mol. The number of nitrogens with one attached hydrogen (secondary N) is 1. The molecule has 29 heavy (non-hydrogen) atoms. The van der Waals surface area contributed by atoms with Crippen LogP contribution in [0.3, 0.4) is 0 Å². The van der Waals surface area contributed by atoms with Crippen LogP contribution in [0.25, 0.3) is 5.70 Å². The van der Waals surface area contributed by atoms with Crippen molar-refractivity contribution in [3.8, 4) is 6.07 Å². The van der Waals surface area contributed by atoms with Crippen LogP contribution < -0.4 is 11.1 Å². The van der Waals surface area contributed by atoms with Crippen molar-refractivity contribution in [3.05, 3.63) is 74.5 Å². The predicted molar refractivity (Wildman–Crippen MR) is 114 cm³/mol. The molecule has 8 heteroatoms. The number of hydrogen-bond acceptors (Lipinski definition) is 7. The highest BCUT2D eigenvalue weighted by molar-refractivity contribution is 8.03. The number of carbonyl (C=O) groups is 2. The van der Waals surface area contributed by atoms with E-state index >= 15 is 0 Å². The molecule has 1 aliphatic heterocycles. The van der Waals surface area contributed by atoms with Crippen LogP contribution in [-0.4, -0.2) is 24.2 Å². The third kappa shape index (κ3) is 4.53. The lowest BCUT2D eigenvalue weighted by molar-refractivity contribution is -0.138. The standard InChI is InChI=1S/C21H19N3O3S2/c1-2-27-21(26)18-17(15-9-6-10-28-15)14(11-22)20(29-12-16(23)25)24-19(18)13-7-4-3-5-8-13/h3-10,17,24H,2,12H2,1H3,(H2,23,25)/t17-/m1/s1. The summed E-state index contributed by atoms with van der Waals surface area (Å²) in [5, 5.41) is 15.5. The van der Waals surface area contributed by atoms with Crippen molar-refractivity contribution in [2.75, 3.05) is 12.4 Å². The first-order valence-electron chi connectivity index (χ1n) is 8.89. The molecule has 0 aliphatic carbocycles. The summed E-state index contributed by atoms with van der Waals surface area (Å²) in [6, 6.07) is 15.4. The van der Waals surface area contributed by atoms with Gasteiger partial charge < -0.3 is 15.8 Å². The van der Waals surface area contributed by atoms with Crippen LogP contribution >= 0.6 is 23.1 Å². The minimum Gasteiger partial charge on any atom is -0.463 e. The molecule has 0 unspecified atom stereocenters. The van der Waals surface area contributed by atoms with Gasteiger partial charge in [-0.2, -0.15) is 5.26 Å². The molecule has 0 saturated heterocycles. The lowest BCUT2D eigenvalue weighted by Crippen LogP contribution is -2.29. The molecular formula is C21H19N3O3S2. The number of thiophene rings is 1. The SMILES string of the molecule is CCOC(=O)C1=C(c2ccccc2)NC(SCC(N)=O)=C(C#N)[C@@H]1c1cccs1. The third-order valence-corrected chi connectivity index (χ3v) is 6.17. The van der Waals surface area contributed by atoms with Gasteiger partial charge in [0.2, 0.25) is 5.91 Å². The fourth-order valence-corrected chi connectivity index (χ4v) is 4.66. The van der Waals surface area contributed by atoms with Crippen molar-refractivity contribution < 1.29 is 14.3 Å². The average Bonchev–Trinajstić information content (AvgIpc) is 3.26. The summed E-state index contributed by atoms with van der Waals surface area (Å²) >= 11 is 2.61. The second-order valence-corrected chi connectivity index (χ2v) is 8.02. The van der Waals surface area contributed by atoms with Gasteiger partial charge in [-0.05, 0) is 23.9 Å². The van der Waals surface area contributed by atoms with Crippen molar-refractivity contribution in [1.82, 2.24) is 5.32 Å². The molecule has 0 radical (unpaired) electrons. The minimum atomic E-state index is -0.592. The summed E-state index contributed by atoms with van der Waals surface area (Å²) in [4.78, 5) is 25.2. The van der Waals surface area contributed by atoms with Crippen LogP contribution in [-0.2, 0) is 14.3 Å². The number of nitrogens with zero attached hydrogens (tertiary/aromatic N) is 1. The molecule has 1 aromatic carbocycles. The molecule has 3 N–H and O–H groups in total. The first-order chi connectivity index (χ1) is 14.1. The number of amides is 1. The Hall–Kier alpha value is -3.02. The van der Waals surface area contributed by atoms with Crippen molar-refractivity contribution in [2.24, 2.45) is 5.73 Å². The number of carbonyl (C=O) groups excluding carboxylic acids is 2. The maximum Gasteiger partial charge on any atom is 0.337 e. The van der Waals surface area contributed by atoms with Crippen LogP contribution in [0.1, 0.15) is 23.3 Å². The molecule has 2 aromatic rings. The number of dihydropyridines is 1. The van der Waals surface area contributed by atoms with E-state index in [1.54, 1.807) is 6.92 Å². The predicted octanol–water partition coefficient (Wildman–Crippen LogP) is 3.36. The summed E-state index contributed by atoms with van der Waals surface area (Å²) in [5.74, 6) is -1.55. The fourth-order valence-electron chi connectivity index (χ4n) is 3.04. The van der Waals surface area contributed by atoms with Crippen LogP contribution in [0.5, 0.6) is 0 Å². The molecule has 1 aromatic heterocycles. The van der Waals surface area contributed by atoms with E-state index in [-0.39, 0.29) is 12.4 Å². The van der Waals surface area contributed by atoms with Gasteiger partial charge in [-0.1, -0.05) is 48.2 Å². The van der Waals surface area contributed by atoms with E-state index < -0.39 is 17.8 Å². The first-order valence-corrected chi connectivity index (χ1v) is 10.8. The molecule has 1 atom stereocenters. The topological polar surface area (TPSA) is 105 Å². The number of esters is 1. The Bertz CT molecular complexity index is 1010. The van der Waals surface area contributed by atoms with Crippen LogP contribution in [0.15, 0.2) is 64.0 Å². The quantitative estimate of drug-likeness (QED) is 0.659. The highest BCUT2D eigenvalue weighted by Crippen LogP contribution is 2.44. The normalized spacial score (nSPS) is 16.2. The van der Waals surface area contributed by atoms with E-state index in [1.807, 2.05) is 47.8 Å². The second kappa shape index (κ2) is 9.45. The molecule has 0 bridgehead atoms. The van der Waals surface area contributed by atoms with Gasteiger partial charge >= 0.3 is 5.97 Å². The second-order valence-electron chi connectivity index (χ2n) is 6.06. The lowest BCUT2D eigenvalue weighted by Gasteiger charge is -2.30. The maximum absolute atomic E-state index is 13.0. The summed E-state index contributed by atoms with van der Waals surface area (Å²) in [7, 11) is 0. The van der Waals surface area contributed by atoms with E-state index in [2.05, 4.69) is 11.4 Å². The van der Waals surface area contributed by atoms with Gasteiger partial charge in [0.05, 0.1) is 46.2 Å². The van der Waals surface area contributed by atoms with Crippen LogP contribution in [0.2, 0.25) is 0 Å². The Kier molecular flexibility index (Phi) is 6.75. The lowest BCUT2D eigenvalue weighted by atomic mass is 9.85. The van der Waals surface area contributed by atoms with E-state index in [0.29, 0.717) is 21.9 Å². The van der Waals surface area contributed by atoms with Gasteiger partial charge in [-0.15, -0.1) is 11.3 Å². The van der Waals surface area contributed by atoms with Crippen molar-refractivity contribution in [2.45, 2.75) is 12.8 Å². The largest absolute Gasteiger partial charge is 0.463 e. The van der Waals surface area contributed by atoms with E-state index in [1.165, 1.54) is 11.3 Å². The number of thioether (sulfide) groups is 1. The van der Waals surface area contributed by atoms with Crippen molar-refractivity contribution >= 4 is 40.7 Å². The van der Waals surface area contributed by atoms with E-state index in [0.717, 1.165) is 22.2 Å². The zero-order chi connectivity index (χ0) is 20.8. The minimum absolute atomic E-state index is 0.0154. The third-order valence-electron chi connectivity index (χ3n) is 4.19. The molecule has 3 rings (SSSR count). The van der Waals surface area contributed by atoms with Gasteiger partial charge in [0.1, 0.15) is 0 Å². The first kappa shape index (κ1) is 20.7. The fraction of sp³-hybridized carbons (Fsp3) is 0.190. The molecule has 148 valence electrons. The molecular weight excluding hydrogens is 406 g/mol.